The van der Waals surface area contributed by atoms with Gasteiger partial charge in [-0.15, -0.1) is 11.6 Å². The number of rotatable bonds is 4. The van der Waals surface area contributed by atoms with Gasteiger partial charge in [-0.05, 0) is 56.2 Å². The molecule has 3 heterocycles. The average Bonchev–Trinajstić information content (AvgIpc) is 3.52. The van der Waals surface area contributed by atoms with Gasteiger partial charge < -0.3 is 30.2 Å². The highest BCUT2D eigenvalue weighted by molar-refractivity contribution is 6.19. The van der Waals surface area contributed by atoms with E-state index >= 15 is 0 Å². The Labute approximate surface area is 207 Å². The van der Waals surface area contributed by atoms with Crippen molar-refractivity contribution in [1.82, 2.24) is 14.9 Å². The monoisotopic (exact) mass is 493 g/mol. The molecule has 4 N–H and O–H groups in total. The van der Waals surface area contributed by atoms with Crippen LogP contribution in [-0.4, -0.2) is 57.4 Å². The van der Waals surface area contributed by atoms with Crippen LogP contribution < -0.4 is 10.2 Å². The maximum atomic E-state index is 13.6. The quantitative estimate of drug-likeness (QED) is 0.281. The minimum absolute atomic E-state index is 0.0441. The summed E-state index contributed by atoms with van der Waals surface area (Å²) in [6.45, 7) is 6.29. The van der Waals surface area contributed by atoms with Gasteiger partial charge >= 0.3 is 6.03 Å². The third-order valence-corrected chi connectivity index (χ3v) is 7.26. The number of phenolic OH excluding ortho intramolecular Hbond substituents is 1. The number of aromatic nitrogens is 2. The molecule has 4 aromatic rings. The number of benzene rings is 2. The number of urea groups is 1. The number of fused-ring (bicyclic) bond motifs is 4. The van der Waals surface area contributed by atoms with E-state index in [4.69, 9.17) is 11.6 Å². The van der Waals surface area contributed by atoms with Gasteiger partial charge in [-0.1, -0.05) is 0 Å². The lowest BCUT2D eigenvalue weighted by atomic mass is 9.97. The number of hydrogen-bond acceptors (Lipinski definition) is 3. The average molecular weight is 494 g/mol. The summed E-state index contributed by atoms with van der Waals surface area (Å²) in [5, 5.41) is 15.2. The summed E-state index contributed by atoms with van der Waals surface area (Å²) in [5.74, 6) is 0.217. The summed E-state index contributed by atoms with van der Waals surface area (Å²) in [7, 11) is 1.74. The van der Waals surface area contributed by atoms with Gasteiger partial charge in [0.05, 0.1) is 11.2 Å². The van der Waals surface area contributed by atoms with Crippen molar-refractivity contribution in [3.8, 4) is 5.75 Å². The predicted molar refractivity (Wildman–Crippen MR) is 140 cm³/mol. The highest BCUT2D eigenvalue weighted by atomic mass is 35.5. The van der Waals surface area contributed by atoms with E-state index in [0.29, 0.717) is 35.0 Å². The SMILES string of the molecule is Cc1c[nH]c2c(O)cc3c(c12)C(CCl)CN3C(=O)c1cc2cc(NC(=O)N(C)C(C)C)ccc2[nH]1. The van der Waals surface area contributed by atoms with E-state index in [1.54, 1.807) is 35.0 Å². The Bertz CT molecular complexity index is 1470. The Kier molecular flexibility index (Phi) is 5.63. The number of amides is 3. The number of aromatic amines is 2. The molecule has 0 spiro atoms. The van der Waals surface area contributed by atoms with Crippen LogP contribution in [0.3, 0.4) is 0 Å². The number of carbonyl (C=O) groups is 2. The van der Waals surface area contributed by atoms with Crippen molar-refractivity contribution in [1.29, 1.82) is 0 Å². The molecule has 35 heavy (non-hydrogen) atoms. The molecule has 1 unspecified atom stereocenters. The zero-order valence-corrected chi connectivity index (χ0v) is 20.8. The molecule has 2 aromatic carbocycles. The largest absolute Gasteiger partial charge is 0.506 e. The first-order chi connectivity index (χ1) is 16.7. The minimum Gasteiger partial charge on any atom is -0.506 e. The number of alkyl halides is 1. The molecule has 2 aromatic heterocycles. The van der Waals surface area contributed by atoms with Crippen molar-refractivity contribution in [3.63, 3.8) is 0 Å². The molecule has 0 saturated heterocycles. The standard InChI is InChI=1S/C26H28ClN5O3/c1-13(2)31(4)26(35)29-17-5-6-18-15(7-17)8-19(30-18)25(34)32-12-16(10-27)23-20(32)9-21(33)24-22(23)14(3)11-28-24/h5-9,11,13,16,28,30,33H,10,12H2,1-4H3,(H,29,35). The normalized spacial score (nSPS) is 15.3. The predicted octanol–water partition coefficient (Wildman–Crippen LogP) is 5.52. The Morgan fingerprint density at radius 3 is 2.77 bits per heavy atom. The first-order valence-electron chi connectivity index (χ1n) is 11.6. The van der Waals surface area contributed by atoms with Crippen molar-refractivity contribution in [2.24, 2.45) is 0 Å². The summed E-state index contributed by atoms with van der Waals surface area (Å²) in [5.41, 5.74) is 5.18. The van der Waals surface area contributed by atoms with Gasteiger partial charge in [0.25, 0.3) is 5.91 Å². The second kappa shape index (κ2) is 8.53. The van der Waals surface area contributed by atoms with Gasteiger partial charge in [-0.25, -0.2) is 4.79 Å². The van der Waals surface area contributed by atoms with E-state index in [-0.39, 0.29) is 29.6 Å². The first kappa shape index (κ1) is 23.1. The van der Waals surface area contributed by atoms with Crippen LogP contribution in [0.25, 0.3) is 21.8 Å². The summed E-state index contributed by atoms with van der Waals surface area (Å²) < 4.78 is 0. The highest BCUT2D eigenvalue weighted by Crippen LogP contribution is 2.46. The summed E-state index contributed by atoms with van der Waals surface area (Å²) in [4.78, 5) is 35.6. The number of nitrogens with zero attached hydrogens (tertiary/aromatic N) is 2. The van der Waals surface area contributed by atoms with Crippen LogP contribution in [0.5, 0.6) is 5.75 Å². The van der Waals surface area contributed by atoms with Gasteiger partial charge in [0.1, 0.15) is 11.4 Å². The van der Waals surface area contributed by atoms with Gasteiger partial charge in [0.2, 0.25) is 0 Å². The van der Waals surface area contributed by atoms with Crippen molar-refractivity contribution in [2.45, 2.75) is 32.7 Å². The lowest BCUT2D eigenvalue weighted by molar-refractivity contribution is 0.0984. The van der Waals surface area contributed by atoms with Crippen molar-refractivity contribution in [3.05, 3.63) is 53.3 Å². The number of aromatic hydroxyl groups is 1. The Morgan fingerprint density at radius 1 is 1.29 bits per heavy atom. The molecule has 3 amide bonds. The Hall–Kier alpha value is -3.65. The van der Waals surface area contributed by atoms with Crippen LogP contribution in [0, 0.1) is 6.92 Å². The number of hydrogen-bond donors (Lipinski definition) is 4. The van der Waals surface area contributed by atoms with Crippen molar-refractivity contribution in [2.75, 3.05) is 29.7 Å². The number of aryl methyl sites for hydroxylation is 1. The molecule has 1 aliphatic rings. The fourth-order valence-corrected chi connectivity index (χ4v) is 5.01. The van der Waals surface area contributed by atoms with Gasteiger partial charge in [0, 0.05) is 65.7 Å². The Balaban J connectivity index is 1.48. The van der Waals surface area contributed by atoms with Crippen molar-refractivity contribution < 1.29 is 14.7 Å². The molecular formula is C26H28ClN5O3. The van der Waals surface area contributed by atoms with Gasteiger partial charge in [-0.3, -0.25) is 4.79 Å². The topological polar surface area (TPSA) is 104 Å². The highest BCUT2D eigenvalue weighted by Gasteiger charge is 2.36. The van der Waals surface area contributed by atoms with Crippen LogP contribution in [0.4, 0.5) is 16.2 Å². The molecule has 8 nitrogen and oxygen atoms in total. The number of nitrogens with one attached hydrogen (secondary N) is 3. The zero-order chi connectivity index (χ0) is 25.0. The van der Waals surface area contributed by atoms with E-state index in [0.717, 1.165) is 27.4 Å². The molecule has 0 bridgehead atoms. The molecule has 0 aliphatic carbocycles. The molecule has 182 valence electrons. The fraction of sp³-hybridized carbons (Fsp3) is 0.308. The summed E-state index contributed by atoms with van der Waals surface area (Å²) in [6.07, 6.45) is 1.85. The minimum atomic E-state index is -0.202. The molecule has 0 saturated carbocycles. The molecule has 1 atom stereocenters. The lowest BCUT2D eigenvalue weighted by Gasteiger charge is -2.21. The number of halogens is 1. The third-order valence-electron chi connectivity index (χ3n) is 6.88. The number of anilines is 2. The first-order valence-corrected chi connectivity index (χ1v) is 12.1. The summed E-state index contributed by atoms with van der Waals surface area (Å²) >= 11 is 6.32. The molecule has 0 fully saturated rings. The van der Waals surface area contributed by atoms with Crippen LogP contribution in [0.15, 0.2) is 36.5 Å². The maximum Gasteiger partial charge on any atom is 0.321 e. The van der Waals surface area contributed by atoms with Gasteiger partial charge in [-0.2, -0.15) is 0 Å². The third kappa shape index (κ3) is 3.78. The summed E-state index contributed by atoms with van der Waals surface area (Å²) in [6, 6.07) is 8.79. The lowest BCUT2D eigenvalue weighted by Crippen LogP contribution is -2.36. The number of H-pyrrole nitrogens is 2. The zero-order valence-electron chi connectivity index (χ0n) is 20.1. The van der Waals surface area contributed by atoms with E-state index in [1.165, 1.54) is 0 Å². The van der Waals surface area contributed by atoms with E-state index < -0.39 is 0 Å². The van der Waals surface area contributed by atoms with E-state index in [2.05, 4.69) is 15.3 Å². The van der Waals surface area contributed by atoms with Crippen LogP contribution in [-0.2, 0) is 0 Å². The van der Waals surface area contributed by atoms with Crippen LogP contribution in [0.1, 0.15) is 41.4 Å². The molecule has 1 aliphatic heterocycles. The van der Waals surface area contributed by atoms with Crippen LogP contribution >= 0.6 is 11.6 Å². The Morgan fingerprint density at radius 2 is 2.06 bits per heavy atom. The van der Waals surface area contributed by atoms with E-state index in [1.807, 2.05) is 39.1 Å². The fourth-order valence-electron chi connectivity index (χ4n) is 4.76. The molecular weight excluding hydrogens is 466 g/mol. The second-order valence-corrected chi connectivity index (χ2v) is 9.75. The van der Waals surface area contributed by atoms with Crippen LogP contribution in [0.2, 0.25) is 0 Å². The molecule has 0 radical (unpaired) electrons. The number of carbonyl (C=O) groups excluding carboxylic acids is 2. The second-order valence-electron chi connectivity index (χ2n) is 9.44. The van der Waals surface area contributed by atoms with E-state index in [9.17, 15) is 14.7 Å². The molecule has 9 heteroatoms. The molecule has 5 rings (SSSR count). The number of phenols is 1. The smallest absolute Gasteiger partial charge is 0.321 e. The van der Waals surface area contributed by atoms with Gasteiger partial charge in [0.15, 0.2) is 0 Å². The maximum absolute atomic E-state index is 13.6. The van der Waals surface area contributed by atoms with Crippen molar-refractivity contribution >= 4 is 56.7 Å².